The Morgan fingerprint density at radius 3 is 2.44 bits per heavy atom. The highest BCUT2D eigenvalue weighted by molar-refractivity contribution is 7.80. The largest absolute Gasteiger partial charge is 0.457 e. The number of aryl methyl sites for hydroxylation is 1. The number of halogens is 1. The Kier molecular flexibility index (Phi) is 6.73. The van der Waals surface area contributed by atoms with E-state index in [4.69, 9.17) is 33.7 Å². The van der Waals surface area contributed by atoms with Crippen LogP contribution in [0.15, 0.2) is 78.9 Å². The van der Waals surface area contributed by atoms with Crippen LogP contribution in [0.1, 0.15) is 17.0 Å². The first kappa shape index (κ1) is 21.9. The van der Waals surface area contributed by atoms with Crippen LogP contribution in [-0.2, 0) is 6.54 Å². The number of hydrogen-bond acceptors (Lipinski definition) is 3. The van der Waals surface area contributed by atoms with Crippen LogP contribution in [0.5, 0.6) is 11.5 Å². The average molecular weight is 463 g/mol. The van der Waals surface area contributed by atoms with E-state index >= 15 is 0 Å². The van der Waals surface area contributed by atoms with Gasteiger partial charge in [0, 0.05) is 0 Å². The third-order valence-corrected chi connectivity index (χ3v) is 5.49. The van der Waals surface area contributed by atoms with Crippen LogP contribution in [0, 0.1) is 13.8 Å². The van der Waals surface area contributed by atoms with Gasteiger partial charge in [0.1, 0.15) is 11.5 Å². The highest BCUT2D eigenvalue weighted by Crippen LogP contribution is 2.25. The van der Waals surface area contributed by atoms with Gasteiger partial charge in [0.05, 0.1) is 34.3 Å². The number of benzene rings is 3. The molecular formula is C25H23ClN4OS. The molecule has 0 atom stereocenters. The molecular weight excluding hydrogens is 440 g/mol. The first-order valence-electron chi connectivity index (χ1n) is 10.2. The zero-order valence-corrected chi connectivity index (χ0v) is 19.4. The van der Waals surface area contributed by atoms with Gasteiger partial charge in [-0.25, -0.2) is 0 Å². The minimum atomic E-state index is 0.460. The van der Waals surface area contributed by atoms with E-state index in [1.54, 1.807) is 0 Å². The molecule has 7 heteroatoms. The standard InChI is InChI=1S/C25H23ClN4OS/c1-17-24(28-25(32)27-23-14-7-6-13-22(23)26)18(2)30(29-17)16-19-9-8-12-21(15-19)31-20-10-4-3-5-11-20/h3-15H,16H2,1-2H3,(H2,27,28,32). The molecule has 5 nitrogen and oxygen atoms in total. The highest BCUT2D eigenvalue weighted by atomic mass is 35.5. The van der Waals surface area contributed by atoms with Crippen molar-refractivity contribution in [2.75, 3.05) is 10.6 Å². The van der Waals surface area contributed by atoms with Crippen molar-refractivity contribution < 1.29 is 4.74 Å². The van der Waals surface area contributed by atoms with Gasteiger partial charge in [-0.15, -0.1) is 0 Å². The molecule has 0 aliphatic rings. The van der Waals surface area contributed by atoms with Crippen LogP contribution in [-0.4, -0.2) is 14.9 Å². The summed E-state index contributed by atoms with van der Waals surface area (Å²) in [6.07, 6.45) is 0. The second kappa shape index (κ2) is 9.85. The molecule has 162 valence electrons. The first-order chi connectivity index (χ1) is 15.5. The average Bonchev–Trinajstić information content (AvgIpc) is 3.03. The van der Waals surface area contributed by atoms with Gasteiger partial charge >= 0.3 is 0 Å². The summed E-state index contributed by atoms with van der Waals surface area (Å²) in [6.45, 7) is 4.59. The number of ether oxygens (including phenoxy) is 1. The van der Waals surface area contributed by atoms with Crippen LogP contribution in [0.2, 0.25) is 5.02 Å². The third-order valence-electron chi connectivity index (χ3n) is 4.95. The Morgan fingerprint density at radius 2 is 1.66 bits per heavy atom. The van der Waals surface area contributed by atoms with E-state index in [0.717, 1.165) is 39.8 Å². The molecule has 3 aromatic carbocycles. The maximum atomic E-state index is 6.22. The molecule has 0 fully saturated rings. The lowest BCUT2D eigenvalue weighted by Crippen LogP contribution is -2.20. The van der Waals surface area contributed by atoms with E-state index in [2.05, 4.69) is 16.7 Å². The molecule has 2 N–H and O–H groups in total. The van der Waals surface area contributed by atoms with Crippen molar-refractivity contribution in [3.8, 4) is 11.5 Å². The minimum Gasteiger partial charge on any atom is -0.457 e. The molecule has 0 bridgehead atoms. The Hall–Kier alpha value is -3.35. The number of thiocarbonyl (C=S) groups is 1. The normalized spacial score (nSPS) is 10.6. The molecule has 1 heterocycles. The molecule has 0 spiro atoms. The van der Waals surface area contributed by atoms with Gasteiger partial charge in [0.15, 0.2) is 5.11 Å². The summed E-state index contributed by atoms with van der Waals surface area (Å²) in [6, 6.07) is 25.2. The Morgan fingerprint density at radius 1 is 0.938 bits per heavy atom. The molecule has 0 amide bonds. The molecule has 0 saturated carbocycles. The van der Waals surface area contributed by atoms with Crippen LogP contribution >= 0.6 is 23.8 Å². The summed E-state index contributed by atoms with van der Waals surface area (Å²) in [5.41, 5.74) is 4.57. The van der Waals surface area contributed by atoms with Gasteiger partial charge in [-0.3, -0.25) is 4.68 Å². The Bertz CT molecular complexity index is 1240. The van der Waals surface area contributed by atoms with Crippen molar-refractivity contribution >= 4 is 40.3 Å². The number of para-hydroxylation sites is 2. The molecule has 0 saturated heterocycles. The number of nitrogens with zero attached hydrogens (tertiary/aromatic N) is 2. The van der Waals surface area contributed by atoms with Gasteiger partial charge < -0.3 is 15.4 Å². The maximum Gasteiger partial charge on any atom is 0.175 e. The second-order valence-corrected chi connectivity index (χ2v) is 8.14. The van der Waals surface area contributed by atoms with Gasteiger partial charge in [0.2, 0.25) is 0 Å². The Balaban J connectivity index is 1.47. The van der Waals surface area contributed by atoms with E-state index in [0.29, 0.717) is 16.7 Å². The van der Waals surface area contributed by atoms with Gasteiger partial charge in [0.25, 0.3) is 0 Å². The van der Waals surface area contributed by atoms with Crippen LogP contribution in [0.4, 0.5) is 11.4 Å². The number of rotatable bonds is 6. The lowest BCUT2D eigenvalue weighted by molar-refractivity contribution is 0.481. The minimum absolute atomic E-state index is 0.460. The van der Waals surface area contributed by atoms with E-state index in [9.17, 15) is 0 Å². The van der Waals surface area contributed by atoms with Crippen molar-refractivity contribution in [1.82, 2.24) is 9.78 Å². The predicted molar refractivity (Wildman–Crippen MR) is 135 cm³/mol. The molecule has 32 heavy (non-hydrogen) atoms. The SMILES string of the molecule is Cc1nn(Cc2cccc(Oc3ccccc3)c2)c(C)c1NC(=S)Nc1ccccc1Cl. The Labute approximate surface area is 198 Å². The van der Waals surface area contributed by atoms with Crippen molar-refractivity contribution in [2.24, 2.45) is 0 Å². The molecule has 4 aromatic rings. The zero-order chi connectivity index (χ0) is 22.5. The van der Waals surface area contributed by atoms with Crippen LogP contribution < -0.4 is 15.4 Å². The van der Waals surface area contributed by atoms with E-state index in [-0.39, 0.29) is 0 Å². The van der Waals surface area contributed by atoms with Crippen LogP contribution in [0.3, 0.4) is 0 Å². The third kappa shape index (κ3) is 5.28. The summed E-state index contributed by atoms with van der Waals surface area (Å²) < 4.78 is 7.91. The zero-order valence-electron chi connectivity index (χ0n) is 17.8. The summed E-state index contributed by atoms with van der Waals surface area (Å²) in [4.78, 5) is 0. The number of nitrogens with one attached hydrogen (secondary N) is 2. The first-order valence-corrected chi connectivity index (χ1v) is 11.0. The van der Waals surface area contributed by atoms with E-state index < -0.39 is 0 Å². The summed E-state index contributed by atoms with van der Waals surface area (Å²) in [7, 11) is 0. The molecule has 4 rings (SSSR count). The number of aromatic nitrogens is 2. The van der Waals surface area contributed by atoms with Crippen molar-refractivity contribution in [1.29, 1.82) is 0 Å². The molecule has 0 aliphatic heterocycles. The quantitative estimate of drug-likeness (QED) is 0.308. The fraction of sp³-hybridized carbons (Fsp3) is 0.120. The van der Waals surface area contributed by atoms with Crippen LogP contribution in [0.25, 0.3) is 0 Å². The monoisotopic (exact) mass is 462 g/mol. The fourth-order valence-corrected chi connectivity index (χ4v) is 3.76. The van der Waals surface area contributed by atoms with E-state index in [1.165, 1.54) is 0 Å². The number of anilines is 2. The lowest BCUT2D eigenvalue weighted by atomic mass is 10.2. The lowest BCUT2D eigenvalue weighted by Gasteiger charge is -2.12. The molecule has 1 aromatic heterocycles. The topological polar surface area (TPSA) is 51.1 Å². The van der Waals surface area contributed by atoms with Gasteiger partial charge in [-0.05, 0) is 68.0 Å². The van der Waals surface area contributed by atoms with Gasteiger partial charge in [-0.2, -0.15) is 5.10 Å². The van der Waals surface area contributed by atoms with Crippen molar-refractivity contribution in [3.05, 3.63) is 101 Å². The highest BCUT2D eigenvalue weighted by Gasteiger charge is 2.14. The van der Waals surface area contributed by atoms with Crippen molar-refractivity contribution in [3.63, 3.8) is 0 Å². The molecule has 0 aliphatic carbocycles. The molecule has 0 unspecified atom stereocenters. The number of hydrogen-bond donors (Lipinski definition) is 2. The smallest absolute Gasteiger partial charge is 0.175 e. The summed E-state index contributed by atoms with van der Waals surface area (Å²) in [5, 5.41) is 12.2. The van der Waals surface area contributed by atoms with E-state index in [1.807, 2.05) is 91.3 Å². The predicted octanol–water partition coefficient (Wildman–Crippen LogP) is 6.80. The summed E-state index contributed by atoms with van der Waals surface area (Å²) >= 11 is 11.7. The maximum absolute atomic E-state index is 6.22. The second-order valence-electron chi connectivity index (χ2n) is 7.32. The van der Waals surface area contributed by atoms with Gasteiger partial charge in [-0.1, -0.05) is 54.1 Å². The van der Waals surface area contributed by atoms with Crippen molar-refractivity contribution in [2.45, 2.75) is 20.4 Å². The summed E-state index contributed by atoms with van der Waals surface area (Å²) in [5.74, 6) is 1.60. The molecule has 0 radical (unpaired) electrons. The fourth-order valence-electron chi connectivity index (χ4n) is 3.37.